The largest absolute Gasteiger partial charge is 0.463 e. The maximum atomic E-state index is 12.1. The molecule has 0 radical (unpaired) electrons. The van der Waals surface area contributed by atoms with E-state index in [-0.39, 0.29) is 24.8 Å². The maximum absolute atomic E-state index is 12.1. The van der Waals surface area contributed by atoms with Crippen molar-refractivity contribution < 1.29 is 14.0 Å². The number of nitrogens with one attached hydrogen (secondary N) is 1. The zero-order valence-corrected chi connectivity index (χ0v) is 12.4. The summed E-state index contributed by atoms with van der Waals surface area (Å²) in [6.07, 6.45) is 1.34. The lowest BCUT2D eigenvalue weighted by atomic mass is 9.92. The third-order valence-electron chi connectivity index (χ3n) is 3.48. The number of likely N-dealkylation sites (tertiary alicyclic amines) is 1. The fourth-order valence-electron chi connectivity index (χ4n) is 2.33. The van der Waals surface area contributed by atoms with Crippen LogP contribution in [-0.2, 0) is 22.7 Å². The summed E-state index contributed by atoms with van der Waals surface area (Å²) in [5, 5.41) is 3.25. The lowest BCUT2D eigenvalue weighted by Crippen LogP contribution is -2.32. The first-order chi connectivity index (χ1) is 9.44. The molecule has 0 unspecified atom stereocenters. The molecule has 0 bridgehead atoms. The molecule has 0 aliphatic carbocycles. The van der Waals surface area contributed by atoms with Crippen molar-refractivity contribution in [2.24, 2.45) is 5.41 Å². The summed E-state index contributed by atoms with van der Waals surface area (Å²) < 4.78 is 5.65. The minimum Gasteiger partial charge on any atom is -0.463 e. The summed E-state index contributed by atoms with van der Waals surface area (Å²) >= 11 is 0. The standard InChI is InChI=1S/C15H22N2O3/c1-4-7-16-9-11-5-6-12(20-11)10-17-13(18)8-15(2,3)14(17)19/h5-6,16H,4,7-10H2,1-3H3. The SMILES string of the molecule is CCCNCc1ccc(CN2C(=O)CC(C)(C)C2=O)o1. The quantitative estimate of drug-likeness (QED) is 0.639. The first-order valence-electron chi connectivity index (χ1n) is 7.07. The molecule has 5 nitrogen and oxygen atoms in total. The topological polar surface area (TPSA) is 62.6 Å². The molecule has 0 spiro atoms. The average molecular weight is 278 g/mol. The Labute approximate surface area is 119 Å². The van der Waals surface area contributed by atoms with Crippen molar-refractivity contribution >= 4 is 11.8 Å². The molecule has 1 N–H and O–H groups in total. The van der Waals surface area contributed by atoms with E-state index in [4.69, 9.17) is 4.42 Å². The van der Waals surface area contributed by atoms with Gasteiger partial charge < -0.3 is 9.73 Å². The van der Waals surface area contributed by atoms with E-state index >= 15 is 0 Å². The van der Waals surface area contributed by atoms with Gasteiger partial charge in [-0.2, -0.15) is 0 Å². The van der Waals surface area contributed by atoms with E-state index in [2.05, 4.69) is 12.2 Å². The summed E-state index contributed by atoms with van der Waals surface area (Å²) in [6, 6.07) is 3.71. The van der Waals surface area contributed by atoms with Crippen LogP contribution in [0.2, 0.25) is 0 Å². The van der Waals surface area contributed by atoms with Gasteiger partial charge in [0.1, 0.15) is 11.5 Å². The van der Waals surface area contributed by atoms with Gasteiger partial charge in [0.25, 0.3) is 0 Å². The molecule has 0 atom stereocenters. The number of carbonyl (C=O) groups is 2. The number of carbonyl (C=O) groups excluding carboxylic acids is 2. The van der Waals surface area contributed by atoms with Crippen LogP contribution in [0.1, 0.15) is 45.1 Å². The van der Waals surface area contributed by atoms with E-state index in [0.29, 0.717) is 12.3 Å². The van der Waals surface area contributed by atoms with E-state index in [9.17, 15) is 9.59 Å². The highest BCUT2D eigenvalue weighted by Crippen LogP contribution is 2.32. The molecule has 0 saturated carbocycles. The predicted molar refractivity (Wildman–Crippen MR) is 74.7 cm³/mol. The maximum Gasteiger partial charge on any atom is 0.235 e. The van der Waals surface area contributed by atoms with E-state index in [1.165, 1.54) is 4.90 Å². The van der Waals surface area contributed by atoms with Gasteiger partial charge >= 0.3 is 0 Å². The normalized spacial score (nSPS) is 18.1. The fourth-order valence-corrected chi connectivity index (χ4v) is 2.33. The highest BCUT2D eigenvalue weighted by Gasteiger charge is 2.44. The Bertz CT molecular complexity index is 505. The van der Waals surface area contributed by atoms with Crippen molar-refractivity contribution in [1.82, 2.24) is 10.2 Å². The zero-order valence-electron chi connectivity index (χ0n) is 12.4. The molecule has 2 heterocycles. The van der Waals surface area contributed by atoms with Gasteiger partial charge in [-0.25, -0.2) is 0 Å². The average Bonchev–Trinajstić information content (AvgIpc) is 2.89. The van der Waals surface area contributed by atoms with Gasteiger partial charge in [0.05, 0.1) is 18.5 Å². The second-order valence-corrected chi connectivity index (χ2v) is 5.89. The van der Waals surface area contributed by atoms with Crippen molar-refractivity contribution in [3.63, 3.8) is 0 Å². The third-order valence-corrected chi connectivity index (χ3v) is 3.48. The Morgan fingerprint density at radius 1 is 1.30 bits per heavy atom. The Kier molecular flexibility index (Phi) is 4.28. The van der Waals surface area contributed by atoms with Gasteiger partial charge in [0.15, 0.2) is 0 Å². The molecule has 5 heteroatoms. The van der Waals surface area contributed by atoms with E-state index in [0.717, 1.165) is 18.7 Å². The zero-order chi connectivity index (χ0) is 14.8. The molecule has 1 aromatic heterocycles. The van der Waals surface area contributed by atoms with Crippen LogP contribution in [0.4, 0.5) is 0 Å². The number of furan rings is 1. The van der Waals surface area contributed by atoms with Gasteiger partial charge in [-0.1, -0.05) is 20.8 Å². The first kappa shape index (κ1) is 14.8. The highest BCUT2D eigenvalue weighted by atomic mass is 16.3. The third kappa shape index (κ3) is 3.10. The van der Waals surface area contributed by atoms with Gasteiger partial charge in [0, 0.05) is 6.42 Å². The molecule has 1 saturated heterocycles. The molecular weight excluding hydrogens is 256 g/mol. The van der Waals surface area contributed by atoms with Crippen molar-refractivity contribution in [2.45, 2.75) is 46.7 Å². The Hall–Kier alpha value is -1.62. The minimum absolute atomic E-state index is 0.121. The summed E-state index contributed by atoms with van der Waals surface area (Å²) in [4.78, 5) is 25.3. The van der Waals surface area contributed by atoms with Crippen LogP contribution < -0.4 is 5.32 Å². The number of hydrogen-bond acceptors (Lipinski definition) is 4. The molecule has 2 rings (SSSR count). The molecule has 1 fully saturated rings. The van der Waals surface area contributed by atoms with Crippen LogP contribution in [-0.4, -0.2) is 23.3 Å². The monoisotopic (exact) mass is 278 g/mol. The van der Waals surface area contributed by atoms with E-state index in [1.807, 2.05) is 12.1 Å². The van der Waals surface area contributed by atoms with Crippen molar-refractivity contribution in [3.8, 4) is 0 Å². The van der Waals surface area contributed by atoms with Crippen LogP contribution in [0.5, 0.6) is 0 Å². The molecule has 20 heavy (non-hydrogen) atoms. The lowest BCUT2D eigenvalue weighted by molar-refractivity contribution is -0.141. The number of rotatable bonds is 6. The van der Waals surface area contributed by atoms with Crippen LogP contribution in [0.15, 0.2) is 16.5 Å². The number of amides is 2. The Morgan fingerprint density at radius 2 is 2.00 bits per heavy atom. The fraction of sp³-hybridized carbons (Fsp3) is 0.600. The molecule has 110 valence electrons. The first-order valence-corrected chi connectivity index (χ1v) is 7.07. The van der Waals surface area contributed by atoms with E-state index in [1.54, 1.807) is 13.8 Å². The van der Waals surface area contributed by atoms with Crippen LogP contribution in [0.25, 0.3) is 0 Å². The number of hydrogen-bond donors (Lipinski definition) is 1. The summed E-state index contributed by atoms with van der Waals surface area (Å²) in [6.45, 7) is 7.54. The highest BCUT2D eigenvalue weighted by molar-refractivity contribution is 6.05. The summed E-state index contributed by atoms with van der Waals surface area (Å²) in [5.41, 5.74) is -0.588. The second kappa shape index (κ2) is 5.79. The second-order valence-electron chi connectivity index (χ2n) is 5.89. The smallest absolute Gasteiger partial charge is 0.235 e. The van der Waals surface area contributed by atoms with Gasteiger partial charge in [0.2, 0.25) is 11.8 Å². The minimum atomic E-state index is -0.588. The van der Waals surface area contributed by atoms with Crippen LogP contribution in [0, 0.1) is 5.41 Å². The molecule has 1 aliphatic rings. The van der Waals surface area contributed by atoms with Crippen molar-refractivity contribution in [1.29, 1.82) is 0 Å². The van der Waals surface area contributed by atoms with Gasteiger partial charge in [-0.05, 0) is 25.1 Å². The van der Waals surface area contributed by atoms with Crippen molar-refractivity contribution in [2.75, 3.05) is 6.54 Å². The Balaban J connectivity index is 1.97. The number of nitrogens with zero attached hydrogens (tertiary/aromatic N) is 1. The molecule has 1 aromatic rings. The van der Waals surface area contributed by atoms with Crippen molar-refractivity contribution in [3.05, 3.63) is 23.7 Å². The molecular formula is C15H22N2O3. The predicted octanol–water partition coefficient (Wildman–Crippen LogP) is 2.06. The van der Waals surface area contributed by atoms with Crippen LogP contribution >= 0.6 is 0 Å². The molecule has 2 amide bonds. The lowest BCUT2D eigenvalue weighted by Gasteiger charge is -2.16. The van der Waals surface area contributed by atoms with Crippen LogP contribution in [0.3, 0.4) is 0 Å². The molecule has 0 aromatic carbocycles. The summed E-state index contributed by atoms with van der Waals surface area (Å²) in [7, 11) is 0. The number of imide groups is 1. The van der Waals surface area contributed by atoms with Gasteiger partial charge in [-0.15, -0.1) is 0 Å². The van der Waals surface area contributed by atoms with Gasteiger partial charge in [-0.3, -0.25) is 14.5 Å². The Morgan fingerprint density at radius 3 is 2.60 bits per heavy atom. The summed E-state index contributed by atoms with van der Waals surface area (Å²) in [5.74, 6) is 1.23. The van der Waals surface area contributed by atoms with E-state index < -0.39 is 5.41 Å². The molecule has 1 aliphatic heterocycles.